The summed E-state index contributed by atoms with van der Waals surface area (Å²) in [6, 6.07) is 5.94. The van der Waals surface area contributed by atoms with Crippen molar-refractivity contribution < 1.29 is 23.8 Å². The van der Waals surface area contributed by atoms with Gasteiger partial charge in [-0.1, -0.05) is 24.3 Å². The predicted octanol–water partition coefficient (Wildman–Crippen LogP) is 1.93. The number of carbonyl (C=O) groups excluding carboxylic acids is 1. The number of carbonyl (C=O) groups is 2. The van der Waals surface area contributed by atoms with Crippen LogP contribution in [0.1, 0.15) is 18.9 Å². The zero-order valence-corrected chi connectivity index (χ0v) is 12.2. The molecule has 1 aliphatic rings. The van der Waals surface area contributed by atoms with Crippen molar-refractivity contribution in [1.29, 1.82) is 0 Å². The number of amides is 1. The van der Waals surface area contributed by atoms with E-state index < -0.39 is 12.1 Å². The highest BCUT2D eigenvalue weighted by Crippen LogP contribution is 2.13. The van der Waals surface area contributed by atoms with Crippen LogP contribution in [-0.4, -0.2) is 47.2 Å². The summed E-state index contributed by atoms with van der Waals surface area (Å²) in [5, 5.41) is 9.00. The minimum Gasteiger partial charge on any atom is -0.479 e. The summed E-state index contributed by atoms with van der Waals surface area (Å²) in [7, 11) is 0. The number of halogens is 1. The van der Waals surface area contributed by atoms with Crippen molar-refractivity contribution >= 4 is 18.0 Å². The number of carboxylic acid groups (broad SMARTS) is 1. The van der Waals surface area contributed by atoms with Gasteiger partial charge in [0.15, 0.2) is 6.10 Å². The fourth-order valence-electron chi connectivity index (χ4n) is 2.29. The minimum atomic E-state index is -1.06. The average molecular weight is 307 g/mol. The van der Waals surface area contributed by atoms with Crippen molar-refractivity contribution in [2.24, 2.45) is 0 Å². The van der Waals surface area contributed by atoms with Gasteiger partial charge in [0.25, 0.3) is 0 Å². The number of carboxylic acids is 1. The second-order valence-corrected chi connectivity index (χ2v) is 5.23. The first-order chi connectivity index (χ1) is 10.5. The van der Waals surface area contributed by atoms with E-state index in [2.05, 4.69) is 0 Å². The highest BCUT2D eigenvalue weighted by atomic mass is 19.1. The maximum absolute atomic E-state index is 12.8. The molecule has 2 atom stereocenters. The van der Waals surface area contributed by atoms with Crippen LogP contribution in [0.5, 0.6) is 0 Å². The van der Waals surface area contributed by atoms with Crippen LogP contribution >= 0.6 is 0 Å². The lowest BCUT2D eigenvalue weighted by molar-refractivity contribution is -0.166. The van der Waals surface area contributed by atoms with E-state index in [0.29, 0.717) is 6.54 Å². The van der Waals surface area contributed by atoms with E-state index in [9.17, 15) is 14.0 Å². The van der Waals surface area contributed by atoms with Crippen LogP contribution in [-0.2, 0) is 14.3 Å². The van der Waals surface area contributed by atoms with Crippen LogP contribution in [0.2, 0.25) is 0 Å². The quantitative estimate of drug-likeness (QED) is 0.923. The summed E-state index contributed by atoms with van der Waals surface area (Å²) >= 11 is 0. The molecule has 2 rings (SSSR count). The fourth-order valence-corrected chi connectivity index (χ4v) is 2.29. The average Bonchev–Trinajstić information content (AvgIpc) is 2.48. The molecule has 22 heavy (non-hydrogen) atoms. The maximum atomic E-state index is 12.8. The van der Waals surface area contributed by atoms with E-state index in [-0.39, 0.29) is 30.8 Å². The number of hydrogen-bond donors (Lipinski definition) is 1. The summed E-state index contributed by atoms with van der Waals surface area (Å²) < 4.78 is 18.0. The molecule has 0 aromatic heterocycles. The van der Waals surface area contributed by atoms with Gasteiger partial charge in [-0.2, -0.15) is 0 Å². The number of aliphatic carboxylic acids is 1. The minimum absolute atomic E-state index is 0.0584. The number of ether oxygens (including phenoxy) is 1. The molecule has 0 saturated carbocycles. The second kappa shape index (κ2) is 7.17. The fraction of sp³-hybridized carbons (Fsp3) is 0.375. The Balaban J connectivity index is 1.91. The number of nitrogens with zero attached hydrogens (tertiary/aromatic N) is 1. The van der Waals surface area contributed by atoms with Crippen LogP contribution < -0.4 is 0 Å². The van der Waals surface area contributed by atoms with Gasteiger partial charge in [-0.05, 0) is 24.6 Å². The molecule has 1 fully saturated rings. The predicted molar refractivity (Wildman–Crippen MR) is 78.6 cm³/mol. The molecule has 1 unspecified atom stereocenters. The van der Waals surface area contributed by atoms with E-state index in [4.69, 9.17) is 9.84 Å². The summed E-state index contributed by atoms with van der Waals surface area (Å²) in [6.45, 7) is 2.18. The van der Waals surface area contributed by atoms with Gasteiger partial charge in [-0.25, -0.2) is 9.18 Å². The third kappa shape index (κ3) is 4.39. The molecule has 1 aliphatic heterocycles. The number of benzene rings is 1. The molecule has 1 saturated heterocycles. The van der Waals surface area contributed by atoms with Crippen LogP contribution in [0.3, 0.4) is 0 Å². The van der Waals surface area contributed by atoms with E-state index in [1.165, 1.54) is 17.0 Å². The van der Waals surface area contributed by atoms with Crippen molar-refractivity contribution in [3.63, 3.8) is 0 Å². The van der Waals surface area contributed by atoms with Crippen LogP contribution in [0.4, 0.5) is 4.39 Å². The van der Waals surface area contributed by atoms with Gasteiger partial charge in [0.05, 0.1) is 12.6 Å². The van der Waals surface area contributed by atoms with Gasteiger partial charge < -0.3 is 14.7 Å². The zero-order chi connectivity index (χ0) is 16.1. The van der Waals surface area contributed by atoms with Crippen molar-refractivity contribution in [3.8, 4) is 0 Å². The lowest BCUT2D eigenvalue weighted by atomic mass is 10.1. The van der Waals surface area contributed by atoms with Crippen molar-refractivity contribution in [3.05, 3.63) is 41.7 Å². The third-order valence-corrected chi connectivity index (χ3v) is 3.36. The Morgan fingerprint density at radius 3 is 2.68 bits per heavy atom. The molecule has 118 valence electrons. The first-order valence-corrected chi connectivity index (χ1v) is 7.04. The lowest BCUT2D eigenvalue weighted by Gasteiger charge is -2.34. The highest BCUT2D eigenvalue weighted by molar-refractivity contribution is 5.80. The molecule has 1 heterocycles. The summed E-state index contributed by atoms with van der Waals surface area (Å²) in [4.78, 5) is 24.6. The summed E-state index contributed by atoms with van der Waals surface area (Å²) in [5.74, 6) is -1.53. The molecule has 5 nitrogen and oxygen atoms in total. The van der Waals surface area contributed by atoms with Gasteiger partial charge in [-0.15, -0.1) is 0 Å². The van der Waals surface area contributed by atoms with Crippen LogP contribution in [0.15, 0.2) is 30.3 Å². The van der Waals surface area contributed by atoms with E-state index in [1.807, 2.05) is 0 Å². The molecule has 1 N–H and O–H groups in total. The molecule has 1 amide bonds. The number of morpholine rings is 1. The molecule has 0 aliphatic carbocycles. The maximum Gasteiger partial charge on any atom is 0.334 e. The molecular weight excluding hydrogens is 289 g/mol. The molecule has 1 aromatic rings. The molecular formula is C16H18FNO4. The molecule has 0 spiro atoms. The summed E-state index contributed by atoms with van der Waals surface area (Å²) in [5.41, 5.74) is 0.799. The zero-order valence-electron chi connectivity index (χ0n) is 12.2. The van der Waals surface area contributed by atoms with Crippen molar-refractivity contribution in [2.75, 3.05) is 13.1 Å². The Labute approximate surface area is 128 Å². The number of rotatable bonds is 4. The summed E-state index contributed by atoms with van der Waals surface area (Å²) in [6.07, 6.45) is 2.30. The monoisotopic (exact) mass is 307 g/mol. The van der Waals surface area contributed by atoms with Crippen LogP contribution in [0.25, 0.3) is 6.08 Å². The Bertz CT molecular complexity index is 570. The lowest BCUT2D eigenvalue weighted by Crippen LogP contribution is -2.51. The Kier molecular flexibility index (Phi) is 5.27. The molecule has 1 aromatic carbocycles. The highest BCUT2D eigenvalue weighted by Gasteiger charge is 2.31. The Hall–Kier alpha value is -2.21. The van der Waals surface area contributed by atoms with E-state index >= 15 is 0 Å². The van der Waals surface area contributed by atoms with Gasteiger partial charge in [0.2, 0.25) is 5.91 Å². The topological polar surface area (TPSA) is 66.8 Å². The van der Waals surface area contributed by atoms with Gasteiger partial charge in [-0.3, -0.25) is 4.79 Å². The first kappa shape index (κ1) is 16.2. The van der Waals surface area contributed by atoms with Crippen LogP contribution in [0, 0.1) is 5.82 Å². The Morgan fingerprint density at radius 1 is 1.36 bits per heavy atom. The standard InChI is InChI=1S/C16H18FNO4/c1-11-9-18(10-14(22-11)16(20)21)15(19)4-2-3-12-5-7-13(17)8-6-12/h2-3,5-8,11,14H,4,9-10H2,1H3,(H,20,21)/b3-2+/t11-,14?/m1/s1. The van der Waals surface area contributed by atoms with Gasteiger partial charge in [0.1, 0.15) is 5.82 Å². The Morgan fingerprint density at radius 2 is 2.05 bits per heavy atom. The van der Waals surface area contributed by atoms with Crippen molar-refractivity contribution in [2.45, 2.75) is 25.6 Å². The van der Waals surface area contributed by atoms with E-state index in [0.717, 1.165) is 5.56 Å². The molecule has 6 heteroatoms. The SMILES string of the molecule is C[C@@H]1CN(C(=O)C/C=C/c2ccc(F)cc2)CC(C(=O)O)O1. The first-order valence-electron chi connectivity index (χ1n) is 7.04. The van der Waals surface area contributed by atoms with Crippen molar-refractivity contribution in [1.82, 2.24) is 4.90 Å². The van der Waals surface area contributed by atoms with Gasteiger partial charge in [0, 0.05) is 13.0 Å². The molecule has 0 bridgehead atoms. The van der Waals surface area contributed by atoms with E-state index in [1.54, 1.807) is 31.2 Å². The second-order valence-electron chi connectivity index (χ2n) is 5.23. The smallest absolute Gasteiger partial charge is 0.334 e. The normalized spacial score (nSPS) is 22.0. The molecule has 0 radical (unpaired) electrons. The number of hydrogen-bond acceptors (Lipinski definition) is 3. The van der Waals surface area contributed by atoms with Gasteiger partial charge >= 0.3 is 5.97 Å². The third-order valence-electron chi connectivity index (χ3n) is 3.36. The largest absolute Gasteiger partial charge is 0.479 e.